The van der Waals surface area contributed by atoms with E-state index < -0.39 is 29.1 Å². The second-order valence-corrected chi connectivity index (χ2v) is 12.6. The summed E-state index contributed by atoms with van der Waals surface area (Å²) in [6, 6.07) is 8.60. The maximum absolute atomic E-state index is 14.6. The summed E-state index contributed by atoms with van der Waals surface area (Å²) in [4.78, 5) is 51.1. The van der Waals surface area contributed by atoms with E-state index in [-0.39, 0.29) is 24.3 Å². The molecule has 2 bridgehead atoms. The first-order chi connectivity index (χ1) is 21.3. The Morgan fingerprint density at radius 2 is 1.75 bits per heavy atom. The smallest absolute Gasteiger partial charge is 0.248 e. The average Bonchev–Trinajstić information content (AvgIpc) is 3.61. The van der Waals surface area contributed by atoms with Gasteiger partial charge in [-0.05, 0) is 51.2 Å². The quantitative estimate of drug-likeness (QED) is 0.241. The molecule has 0 saturated carbocycles. The molecule has 4 saturated heterocycles. The fraction of sp³-hybridized carbons (Fsp3) is 0.618. The number of amides is 3. The molecule has 4 heterocycles. The van der Waals surface area contributed by atoms with E-state index in [4.69, 9.17) is 9.47 Å². The van der Waals surface area contributed by atoms with E-state index in [9.17, 15) is 19.5 Å². The maximum atomic E-state index is 14.6. The van der Waals surface area contributed by atoms with Crippen LogP contribution in [0.2, 0.25) is 0 Å². The Balaban J connectivity index is 1.48. The van der Waals surface area contributed by atoms with Gasteiger partial charge in [0.15, 0.2) is 0 Å². The lowest BCUT2D eigenvalue weighted by molar-refractivity contribution is -0.151. The van der Waals surface area contributed by atoms with Crippen LogP contribution in [0.3, 0.4) is 0 Å². The molecule has 10 nitrogen and oxygen atoms in total. The fourth-order valence-electron chi connectivity index (χ4n) is 7.83. The number of ether oxygens (including phenoxy) is 2. The van der Waals surface area contributed by atoms with E-state index in [1.807, 2.05) is 37.3 Å². The first-order valence-electron chi connectivity index (χ1n) is 16.1. The molecule has 44 heavy (non-hydrogen) atoms. The van der Waals surface area contributed by atoms with Gasteiger partial charge in [0.25, 0.3) is 0 Å². The van der Waals surface area contributed by atoms with Gasteiger partial charge in [0.2, 0.25) is 17.7 Å². The summed E-state index contributed by atoms with van der Waals surface area (Å²) in [5.74, 6) is -2.02. The number of unbranched alkanes of at least 4 members (excludes halogenated alkanes) is 2. The summed E-state index contributed by atoms with van der Waals surface area (Å²) in [7, 11) is 0. The number of benzene rings is 1. The number of carbonyl (C=O) groups excluding carboxylic acids is 3. The third-order valence-corrected chi connectivity index (χ3v) is 9.93. The number of hydrogen-bond donors (Lipinski definition) is 1. The molecule has 1 spiro atoms. The minimum atomic E-state index is -1.09. The van der Waals surface area contributed by atoms with Gasteiger partial charge in [-0.2, -0.15) is 0 Å². The van der Waals surface area contributed by atoms with Crippen molar-refractivity contribution >= 4 is 23.4 Å². The molecule has 5 rings (SSSR count). The van der Waals surface area contributed by atoms with E-state index in [1.54, 1.807) is 26.9 Å². The number of rotatable bonds is 15. The van der Waals surface area contributed by atoms with Crippen LogP contribution in [0.15, 0.2) is 55.6 Å². The summed E-state index contributed by atoms with van der Waals surface area (Å²) >= 11 is 0. The predicted molar refractivity (Wildman–Crippen MR) is 168 cm³/mol. The zero-order valence-corrected chi connectivity index (χ0v) is 26.1. The summed E-state index contributed by atoms with van der Waals surface area (Å²) in [5.41, 5.74) is -1.23. The summed E-state index contributed by atoms with van der Waals surface area (Å²) in [6.45, 7) is 15.0. The number of aliphatic hydroxyl groups is 1. The molecule has 0 aromatic heterocycles. The monoisotopic (exact) mass is 608 g/mol. The van der Waals surface area contributed by atoms with Gasteiger partial charge in [0.05, 0.1) is 30.7 Å². The van der Waals surface area contributed by atoms with E-state index in [2.05, 4.69) is 18.1 Å². The Kier molecular flexibility index (Phi) is 10.2. The summed E-state index contributed by atoms with van der Waals surface area (Å²) in [6.07, 6.45) is 6.54. The fourth-order valence-corrected chi connectivity index (χ4v) is 7.83. The van der Waals surface area contributed by atoms with Gasteiger partial charge >= 0.3 is 0 Å². The molecule has 1 N–H and O–H groups in total. The largest absolute Gasteiger partial charge is 0.396 e. The van der Waals surface area contributed by atoms with Crippen molar-refractivity contribution in [3.8, 4) is 0 Å². The van der Waals surface area contributed by atoms with Crippen molar-refractivity contribution in [1.29, 1.82) is 0 Å². The summed E-state index contributed by atoms with van der Waals surface area (Å²) < 4.78 is 12.4. The van der Waals surface area contributed by atoms with Gasteiger partial charge in [-0.1, -0.05) is 30.4 Å². The van der Waals surface area contributed by atoms with Crippen LogP contribution in [-0.2, 0) is 23.9 Å². The highest BCUT2D eigenvalue weighted by Crippen LogP contribution is 2.63. The normalized spacial score (nSPS) is 29.5. The second-order valence-electron chi connectivity index (χ2n) is 12.6. The molecule has 1 aromatic rings. The number of carbonyl (C=O) groups is 3. The van der Waals surface area contributed by atoms with E-state index in [1.165, 1.54) is 0 Å². The maximum Gasteiger partial charge on any atom is 0.248 e. The number of para-hydroxylation sites is 1. The predicted octanol–water partition coefficient (Wildman–Crippen LogP) is 2.48. The number of anilines is 1. The molecule has 3 amide bonds. The van der Waals surface area contributed by atoms with Crippen LogP contribution in [-0.4, -0.2) is 120 Å². The standard InChI is InChI=1S/C34H48N4O6/c1-4-16-36(20-19-35-21-24-43-25-22-35)32(42)29-34-15-14-33(3,44-34)27(28(34)31(41)38(29)18-10-7-11-23-39)30(40)37(17-5-2)26-12-8-6-9-13-26/h4-6,8-9,12-13,27-29,39H,1-2,7,10-11,14-25H2,3H3/t27-,28+,29?,33+,34?/m1/s1. The Bertz CT molecular complexity index is 1210. The minimum Gasteiger partial charge on any atom is -0.396 e. The first kappa shape index (κ1) is 32.3. The van der Waals surface area contributed by atoms with Crippen molar-refractivity contribution in [2.45, 2.75) is 56.3 Å². The van der Waals surface area contributed by atoms with Gasteiger partial charge in [-0.25, -0.2) is 0 Å². The molecule has 2 unspecified atom stereocenters. The van der Waals surface area contributed by atoms with Crippen LogP contribution in [0.1, 0.15) is 39.0 Å². The van der Waals surface area contributed by atoms with Crippen LogP contribution < -0.4 is 4.90 Å². The highest BCUT2D eigenvalue weighted by Gasteiger charge is 2.78. The average molecular weight is 609 g/mol. The molecule has 4 aliphatic rings. The Hall–Kier alpha value is -3.05. The number of morpholine rings is 1. The van der Waals surface area contributed by atoms with Crippen molar-refractivity contribution in [2.75, 3.05) is 70.5 Å². The van der Waals surface area contributed by atoms with Crippen LogP contribution in [0.5, 0.6) is 0 Å². The Morgan fingerprint density at radius 3 is 2.43 bits per heavy atom. The highest BCUT2D eigenvalue weighted by molar-refractivity contribution is 6.03. The van der Waals surface area contributed by atoms with Crippen molar-refractivity contribution in [3.05, 3.63) is 55.6 Å². The van der Waals surface area contributed by atoms with Gasteiger partial charge in [0, 0.05) is 58.1 Å². The molecule has 240 valence electrons. The van der Waals surface area contributed by atoms with Gasteiger partial charge in [-0.15, -0.1) is 13.2 Å². The number of hydrogen-bond acceptors (Lipinski definition) is 7. The molecule has 0 aliphatic carbocycles. The molecule has 4 aliphatic heterocycles. The lowest BCUT2D eigenvalue weighted by Gasteiger charge is -2.37. The summed E-state index contributed by atoms with van der Waals surface area (Å²) in [5, 5.41) is 9.35. The highest BCUT2D eigenvalue weighted by atomic mass is 16.5. The van der Waals surface area contributed by atoms with Crippen LogP contribution in [0.4, 0.5) is 5.69 Å². The number of aliphatic hydroxyl groups excluding tert-OH is 1. The molecule has 10 heteroatoms. The Labute approximate surface area is 261 Å². The van der Waals surface area contributed by atoms with Crippen molar-refractivity contribution in [3.63, 3.8) is 0 Å². The van der Waals surface area contributed by atoms with Crippen LogP contribution >= 0.6 is 0 Å². The molecular formula is C34H48N4O6. The Morgan fingerprint density at radius 1 is 1.02 bits per heavy atom. The van der Waals surface area contributed by atoms with E-state index >= 15 is 0 Å². The zero-order valence-electron chi connectivity index (χ0n) is 26.1. The number of fused-ring (bicyclic) bond motifs is 1. The lowest BCUT2D eigenvalue weighted by atomic mass is 9.66. The minimum absolute atomic E-state index is 0.0776. The molecule has 1 aromatic carbocycles. The van der Waals surface area contributed by atoms with Gasteiger partial charge < -0.3 is 29.3 Å². The van der Waals surface area contributed by atoms with Gasteiger partial charge in [0.1, 0.15) is 11.6 Å². The van der Waals surface area contributed by atoms with E-state index in [0.717, 1.165) is 25.2 Å². The number of nitrogens with zero attached hydrogens (tertiary/aromatic N) is 4. The van der Waals surface area contributed by atoms with E-state index in [0.29, 0.717) is 71.6 Å². The van der Waals surface area contributed by atoms with Crippen molar-refractivity contribution in [1.82, 2.24) is 14.7 Å². The third kappa shape index (κ3) is 5.97. The third-order valence-electron chi connectivity index (χ3n) is 9.93. The second kappa shape index (κ2) is 13.9. The molecule has 4 fully saturated rings. The molecular weight excluding hydrogens is 560 g/mol. The lowest BCUT2D eigenvalue weighted by Crippen LogP contribution is -2.57. The number of likely N-dealkylation sites (tertiary alicyclic amines) is 1. The van der Waals surface area contributed by atoms with Crippen LogP contribution in [0.25, 0.3) is 0 Å². The van der Waals surface area contributed by atoms with Crippen molar-refractivity contribution in [2.24, 2.45) is 11.8 Å². The molecule has 0 radical (unpaired) electrons. The zero-order chi connectivity index (χ0) is 31.3. The topological polar surface area (TPSA) is 103 Å². The van der Waals surface area contributed by atoms with Crippen LogP contribution in [0, 0.1) is 11.8 Å². The van der Waals surface area contributed by atoms with Gasteiger partial charge in [-0.3, -0.25) is 19.3 Å². The first-order valence-corrected chi connectivity index (χ1v) is 16.1. The SMILES string of the molecule is C=CCN(CCN1CCOCC1)C(=O)C1N(CCCCCO)C(=O)[C@@H]2[C@H](C(=O)N(CC=C)c3ccccc3)[C@]3(C)CCC12O3. The van der Waals surface area contributed by atoms with Crippen molar-refractivity contribution < 1.29 is 29.0 Å². The molecule has 5 atom stereocenters.